The second-order valence-electron chi connectivity index (χ2n) is 12.4. The molecule has 0 bridgehead atoms. The maximum absolute atomic E-state index is 6.30. The minimum absolute atomic E-state index is 0.633. The van der Waals surface area contributed by atoms with Gasteiger partial charge in [0, 0.05) is 48.2 Å². The van der Waals surface area contributed by atoms with Crippen LogP contribution in [0, 0.1) is 0 Å². The van der Waals surface area contributed by atoms with E-state index in [9.17, 15) is 0 Å². The van der Waals surface area contributed by atoms with E-state index in [0.29, 0.717) is 5.89 Å². The molecule has 0 amide bonds. The van der Waals surface area contributed by atoms with Crippen LogP contribution in [0.15, 0.2) is 174 Å². The Morgan fingerprint density at radius 3 is 2.00 bits per heavy atom. The van der Waals surface area contributed by atoms with E-state index in [1.54, 1.807) is 0 Å². The topological polar surface area (TPSA) is 29.3 Å². The molecule has 0 radical (unpaired) electrons. The molecule has 0 saturated carbocycles. The standard InChI is InChI=1S/C45H28N2OS/c1-3-10-32(11-4-1)45-46-44-39(48-45)27-23-31-19-18-30-22-26-35(28-38(30)42(31)44)47(33-12-5-2-6-13-33)34-24-20-29(21-25-34)36-15-9-17-41-43(36)37-14-7-8-16-40(37)49-41/h1-28H. The van der Waals surface area contributed by atoms with Gasteiger partial charge in [-0.1, -0.05) is 103 Å². The van der Waals surface area contributed by atoms with Gasteiger partial charge in [0.2, 0.25) is 5.89 Å². The molecule has 10 rings (SSSR count). The zero-order valence-electron chi connectivity index (χ0n) is 26.4. The molecule has 4 heteroatoms. The van der Waals surface area contributed by atoms with Crippen molar-refractivity contribution in [1.29, 1.82) is 0 Å². The molecule has 3 nitrogen and oxygen atoms in total. The molecule has 0 atom stereocenters. The smallest absolute Gasteiger partial charge is 0.227 e. The van der Waals surface area contributed by atoms with Crippen molar-refractivity contribution in [2.45, 2.75) is 0 Å². The van der Waals surface area contributed by atoms with Crippen LogP contribution in [-0.4, -0.2) is 4.98 Å². The lowest BCUT2D eigenvalue weighted by Gasteiger charge is -2.26. The molecule has 230 valence electrons. The summed E-state index contributed by atoms with van der Waals surface area (Å²) in [6.45, 7) is 0. The SMILES string of the molecule is c1ccc(-c2nc3c(ccc4ccc5ccc(N(c6ccccc6)c6ccc(-c7cccc8sc9ccccc9c78)cc6)cc5c43)o2)cc1. The molecule has 49 heavy (non-hydrogen) atoms. The molecule has 0 N–H and O–H groups in total. The summed E-state index contributed by atoms with van der Waals surface area (Å²) in [5, 5.41) is 7.17. The Bertz CT molecular complexity index is 2820. The minimum atomic E-state index is 0.633. The van der Waals surface area contributed by atoms with Crippen LogP contribution < -0.4 is 4.90 Å². The summed E-state index contributed by atoms with van der Waals surface area (Å²) in [6, 6.07) is 60.3. The zero-order valence-corrected chi connectivity index (χ0v) is 27.2. The molecule has 0 saturated heterocycles. The van der Waals surface area contributed by atoms with E-state index >= 15 is 0 Å². The van der Waals surface area contributed by atoms with Gasteiger partial charge < -0.3 is 9.32 Å². The lowest BCUT2D eigenvalue weighted by Crippen LogP contribution is -2.09. The van der Waals surface area contributed by atoms with Crippen LogP contribution in [-0.2, 0) is 0 Å². The minimum Gasteiger partial charge on any atom is -0.436 e. The molecule has 2 heterocycles. The number of para-hydroxylation sites is 1. The Morgan fingerprint density at radius 2 is 1.14 bits per heavy atom. The first-order valence-electron chi connectivity index (χ1n) is 16.5. The van der Waals surface area contributed by atoms with Gasteiger partial charge in [0.1, 0.15) is 5.52 Å². The van der Waals surface area contributed by atoms with Crippen molar-refractivity contribution >= 4 is 81.2 Å². The maximum atomic E-state index is 6.30. The third-order valence-electron chi connectivity index (χ3n) is 9.47. The molecule has 8 aromatic carbocycles. The molecule has 0 unspecified atom stereocenters. The lowest BCUT2D eigenvalue weighted by atomic mass is 9.98. The number of oxazole rings is 1. The first kappa shape index (κ1) is 27.8. The summed E-state index contributed by atoms with van der Waals surface area (Å²) in [5.74, 6) is 0.633. The Kier molecular flexibility index (Phi) is 6.36. The van der Waals surface area contributed by atoms with E-state index in [1.807, 2.05) is 47.7 Å². The van der Waals surface area contributed by atoms with Crippen LogP contribution >= 0.6 is 11.3 Å². The highest BCUT2D eigenvalue weighted by molar-refractivity contribution is 7.25. The van der Waals surface area contributed by atoms with Gasteiger partial charge in [0.15, 0.2) is 5.58 Å². The van der Waals surface area contributed by atoms with Crippen LogP contribution in [0.2, 0.25) is 0 Å². The number of hydrogen-bond acceptors (Lipinski definition) is 4. The fourth-order valence-electron chi connectivity index (χ4n) is 7.19. The van der Waals surface area contributed by atoms with Gasteiger partial charge in [0.25, 0.3) is 0 Å². The highest BCUT2D eigenvalue weighted by atomic mass is 32.1. The third-order valence-corrected chi connectivity index (χ3v) is 10.6. The predicted molar refractivity (Wildman–Crippen MR) is 207 cm³/mol. The van der Waals surface area contributed by atoms with Crippen molar-refractivity contribution in [2.24, 2.45) is 0 Å². The van der Waals surface area contributed by atoms with E-state index in [-0.39, 0.29) is 0 Å². The van der Waals surface area contributed by atoms with Gasteiger partial charge >= 0.3 is 0 Å². The molecule has 0 fully saturated rings. The average molecular weight is 645 g/mol. The summed E-state index contributed by atoms with van der Waals surface area (Å²) >= 11 is 1.86. The average Bonchev–Trinajstić information content (AvgIpc) is 3.78. The zero-order chi connectivity index (χ0) is 32.3. The molecule has 0 aliphatic rings. The number of hydrogen-bond donors (Lipinski definition) is 0. The van der Waals surface area contributed by atoms with E-state index in [0.717, 1.165) is 55.3 Å². The Balaban J connectivity index is 1.13. The van der Waals surface area contributed by atoms with Crippen molar-refractivity contribution < 1.29 is 4.42 Å². The van der Waals surface area contributed by atoms with E-state index in [4.69, 9.17) is 9.40 Å². The summed E-state index contributed by atoms with van der Waals surface area (Å²) in [7, 11) is 0. The normalized spacial score (nSPS) is 11.7. The fraction of sp³-hybridized carbons (Fsp3) is 0. The van der Waals surface area contributed by atoms with E-state index < -0.39 is 0 Å². The Hall–Kier alpha value is -6.23. The Labute approximate surface area is 286 Å². The largest absolute Gasteiger partial charge is 0.436 e. The van der Waals surface area contributed by atoms with E-state index in [1.165, 1.54) is 31.3 Å². The molecular weight excluding hydrogens is 617 g/mol. The molecular formula is C45H28N2OS. The summed E-state index contributed by atoms with van der Waals surface area (Å²) in [6.07, 6.45) is 0. The highest BCUT2D eigenvalue weighted by Crippen LogP contribution is 2.43. The van der Waals surface area contributed by atoms with Crippen molar-refractivity contribution in [1.82, 2.24) is 4.98 Å². The number of thiophene rings is 1. The molecule has 0 spiro atoms. The molecule has 10 aromatic rings. The monoisotopic (exact) mass is 644 g/mol. The number of rotatable bonds is 5. The summed E-state index contributed by atoms with van der Waals surface area (Å²) in [5.41, 5.74) is 8.37. The van der Waals surface area contributed by atoms with Crippen LogP contribution in [0.4, 0.5) is 17.1 Å². The number of anilines is 3. The second kappa shape index (κ2) is 11.2. The quantitative estimate of drug-likeness (QED) is 0.175. The lowest BCUT2D eigenvalue weighted by molar-refractivity contribution is 0.620. The first-order valence-corrected chi connectivity index (χ1v) is 17.3. The second-order valence-corrected chi connectivity index (χ2v) is 13.4. The van der Waals surface area contributed by atoms with Gasteiger partial charge in [-0.2, -0.15) is 0 Å². The number of fused-ring (bicyclic) bond motifs is 8. The van der Waals surface area contributed by atoms with Crippen LogP contribution in [0.3, 0.4) is 0 Å². The van der Waals surface area contributed by atoms with Crippen LogP contribution in [0.25, 0.3) is 75.4 Å². The number of benzene rings is 8. The fourth-order valence-corrected chi connectivity index (χ4v) is 8.32. The van der Waals surface area contributed by atoms with Crippen molar-refractivity contribution in [3.63, 3.8) is 0 Å². The maximum Gasteiger partial charge on any atom is 0.227 e. The molecule has 0 aliphatic carbocycles. The van der Waals surface area contributed by atoms with Crippen LogP contribution in [0.5, 0.6) is 0 Å². The Morgan fingerprint density at radius 1 is 0.469 bits per heavy atom. The summed E-state index contributed by atoms with van der Waals surface area (Å²) < 4.78 is 8.93. The van der Waals surface area contributed by atoms with Gasteiger partial charge in [0.05, 0.1) is 0 Å². The van der Waals surface area contributed by atoms with Crippen molar-refractivity contribution in [3.8, 4) is 22.6 Å². The number of nitrogens with zero attached hydrogens (tertiary/aromatic N) is 2. The van der Waals surface area contributed by atoms with Gasteiger partial charge in [-0.3, -0.25) is 0 Å². The van der Waals surface area contributed by atoms with Gasteiger partial charge in [-0.25, -0.2) is 4.98 Å². The molecule has 2 aromatic heterocycles. The predicted octanol–water partition coefficient (Wildman–Crippen LogP) is 13.3. The van der Waals surface area contributed by atoms with Crippen LogP contribution in [0.1, 0.15) is 0 Å². The van der Waals surface area contributed by atoms with Gasteiger partial charge in [-0.05, 0) is 94.0 Å². The number of aromatic nitrogens is 1. The van der Waals surface area contributed by atoms with Gasteiger partial charge in [-0.15, -0.1) is 11.3 Å². The first-order chi connectivity index (χ1) is 24.3. The molecule has 0 aliphatic heterocycles. The highest BCUT2D eigenvalue weighted by Gasteiger charge is 2.18. The summed E-state index contributed by atoms with van der Waals surface area (Å²) in [4.78, 5) is 7.38. The van der Waals surface area contributed by atoms with Crippen molar-refractivity contribution in [3.05, 3.63) is 170 Å². The third kappa shape index (κ3) is 4.61. The van der Waals surface area contributed by atoms with E-state index in [2.05, 4.69) is 138 Å². The van der Waals surface area contributed by atoms with Crippen molar-refractivity contribution in [2.75, 3.05) is 4.90 Å².